The van der Waals surface area contributed by atoms with Gasteiger partial charge in [0.25, 0.3) is 0 Å². The molecule has 9 nitrogen and oxygen atoms in total. The minimum Gasteiger partial charge on any atom is -0.356 e. The van der Waals surface area contributed by atoms with E-state index in [9.17, 15) is 14.4 Å². The van der Waals surface area contributed by atoms with Crippen LogP contribution in [0.5, 0.6) is 0 Å². The zero-order chi connectivity index (χ0) is 54.5. The van der Waals surface area contributed by atoms with Gasteiger partial charge in [0.05, 0.1) is 0 Å². The normalized spacial score (nSPS) is 15.9. The Bertz CT molecular complexity index is 1050. The molecule has 0 aromatic carbocycles. The Morgan fingerprint density at radius 1 is 0.253 bits per heavy atom. The topological polar surface area (TPSA) is 97.0 Å². The lowest BCUT2D eigenvalue weighted by Gasteiger charge is -2.33. The largest absolute Gasteiger partial charge is 0.356 e. The van der Waals surface area contributed by atoms with Gasteiger partial charge in [-0.25, -0.2) is 0 Å². The Kier molecular flexibility index (Phi) is 51.6. The summed E-state index contributed by atoms with van der Waals surface area (Å²) in [6, 6.07) is 0. The summed E-state index contributed by atoms with van der Waals surface area (Å²) in [4.78, 5) is 50.2. The standard InChI is InChI=1S/C66H132N6O3/c1-7-13-19-25-31-37-49-70(50-38-32-26-20-14-8-2)55-43-46-67-64(73)61-58-62(65(74)68-47-44-56-71(51-39-33-27-21-15-9-3)52-40-34-28-22-16-10-4)60-63(59-61)66(75)69-48-45-57-72(53-41-35-29-23-17-11-5)54-42-36-30-24-18-12-6/h61-63H,7-60H2,1-6H3,(H,67,73)(H,68,74)(H,69,75)/t61-,62+,63-. The van der Waals surface area contributed by atoms with E-state index in [1.165, 1.54) is 231 Å². The highest BCUT2D eigenvalue weighted by Gasteiger charge is 2.39. The number of amides is 3. The van der Waals surface area contributed by atoms with Crippen LogP contribution in [0.15, 0.2) is 0 Å². The second-order valence-corrected chi connectivity index (χ2v) is 23.9. The van der Waals surface area contributed by atoms with Gasteiger partial charge in [-0.05, 0) is 136 Å². The van der Waals surface area contributed by atoms with Crippen LogP contribution in [0.2, 0.25) is 0 Å². The van der Waals surface area contributed by atoms with Crippen LogP contribution in [0.4, 0.5) is 0 Å². The molecule has 9 heteroatoms. The lowest BCUT2D eigenvalue weighted by atomic mass is 9.74. The van der Waals surface area contributed by atoms with Gasteiger partial charge in [-0.2, -0.15) is 0 Å². The molecule has 1 rings (SSSR count). The zero-order valence-electron chi connectivity index (χ0n) is 51.5. The molecule has 0 aromatic rings. The Morgan fingerprint density at radius 3 is 0.600 bits per heavy atom. The maximum Gasteiger partial charge on any atom is 0.223 e. The molecule has 1 aliphatic carbocycles. The predicted molar refractivity (Wildman–Crippen MR) is 327 cm³/mol. The van der Waals surface area contributed by atoms with Crippen molar-refractivity contribution in [3.8, 4) is 0 Å². The van der Waals surface area contributed by atoms with Gasteiger partial charge in [-0.3, -0.25) is 14.4 Å². The van der Waals surface area contributed by atoms with Crippen molar-refractivity contribution >= 4 is 17.7 Å². The van der Waals surface area contributed by atoms with E-state index in [0.717, 1.165) is 78.2 Å². The van der Waals surface area contributed by atoms with E-state index in [1.54, 1.807) is 0 Å². The van der Waals surface area contributed by atoms with E-state index in [0.29, 0.717) is 38.9 Å². The summed E-state index contributed by atoms with van der Waals surface area (Å²) in [5.74, 6) is -0.898. The maximum atomic E-state index is 14.1. The van der Waals surface area contributed by atoms with E-state index in [1.807, 2.05) is 0 Å². The summed E-state index contributed by atoms with van der Waals surface area (Å²) < 4.78 is 0. The van der Waals surface area contributed by atoms with Gasteiger partial charge in [0.1, 0.15) is 0 Å². The predicted octanol–water partition coefficient (Wildman–Crippen LogP) is 16.6. The number of carbonyl (C=O) groups excluding carboxylic acids is 3. The van der Waals surface area contributed by atoms with E-state index in [-0.39, 0.29) is 35.5 Å². The van der Waals surface area contributed by atoms with Crippen LogP contribution in [0.25, 0.3) is 0 Å². The van der Waals surface area contributed by atoms with Gasteiger partial charge in [-0.15, -0.1) is 0 Å². The van der Waals surface area contributed by atoms with Gasteiger partial charge in [0.2, 0.25) is 17.7 Å². The molecule has 3 amide bonds. The van der Waals surface area contributed by atoms with Crippen molar-refractivity contribution in [1.29, 1.82) is 0 Å². The van der Waals surface area contributed by atoms with Crippen LogP contribution in [0.1, 0.15) is 311 Å². The van der Waals surface area contributed by atoms with E-state index in [2.05, 4.69) is 72.2 Å². The van der Waals surface area contributed by atoms with Crippen LogP contribution >= 0.6 is 0 Å². The van der Waals surface area contributed by atoms with Gasteiger partial charge in [-0.1, -0.05) is 234 Å². The lowest BCUT2D eigenvalue weighted by Crippen LogP contribution is -2.45. The van der Waals surface area contributed by atoms with Gasteiger partial charge in [0, 0.05) is 37.4 Å². The Hall–Kier alpha value is -1.71. The second-order valence-electron chi connectivity index (χ2n) is 23.9. The van der Waals surface area contributed by atoms with Crippen molar-refractivity contribution in [1.82, 2.24) is 30.7 Å². The average molecular weight is 1060 g/mol. The Balaban J connectivity index is 2.97. The summed E-state index contributed by atoms with van der Waals surface area (Å²) in [6.07, 6.45) is 51.6. The van der Waals surface area contributed by atoms with Crippen molar-refractivity contribution < 1.29 is 14.4 Å². The van der Waals surface area contributed by atoms with Crippen molar-refractivity contribution in [2.75, 3.05) is 78.5 Å². The monoisotopic (exact) mass is 1060 g/mol. The van der Waals surface area contributed by atoms with E-state index in [4.69, 9.17) is 0 Å². The fourth-order valence-corrected chi connectivity index (χ4v) is 11.6. The fourth-order valence-electron chi connectivity index (χ4n) is 11.6. The molecule has 0 spiro atoms. The molecule has 0 atom stereocenters. The average Bonchev–Trinajstić information content (AvgIpc) is 3.42. The lowest BCUT2D eigenvalue weighted by molar-refractivity contribution is -0.135. The molecular weight excluding hydrogens is 925 g/mol. The van der Waals surface area contributed by atoms with Crippen LogP contribution in [0, 0.1) is 17.8 Å². The van der Waals surface area contributed by atoms with Crippen molar-refractivity contribution in [2.45, 2.75) is 311 Å². The highest BCUT2D eigenvalue weighted by Crippen LogP contribution is 2.34. The SMILES string of the molecule is CCCCCCCCN(CCCCCCCC)CCCNC(=O)[C@H]1C[C@@H](C(=O)NCCCN(CCCCCCCC)CCCCCCCC)C[C@@H](C(=O)NCCCN(CCCCCCCC)CCCCCCCC)C1. The number of rotatable bonds is 57. The summed E-state index contributed by atoms with van der Waals surface area (Å²) in [5, 5.41) is 9.96. The van der Waals surface area contributed by atoms with Gasteiger partial charge < -0.3 is 30.7 Å². The number of nitrogens with one attached hydrogen (secondary N) is 3. The van der Waals surface area contributed by atoms with Crippen LogP contribution in [-0.2, 0) is 14.4 Å². The highest BCUT2D eigenvalue weighted by molar-refractivity contribution is 5.86. The number of hydrogen-bond donors (Lipinski definition) is 3. The molecule has 1 aliphatic rings. The number of unbranched alkanes of at least 4 members (excludes halogenated alkanes) is 30. The molecule has 0 unspecified atom stereocenters. The van der Waals surface area contributed by atoms with Crippen molar-refractivity contribution in [2.24, 2.45) is 17.8 Å². The minimum atomic E-state index is -0.331. The molecule has 1 fully saturated rings. The quantitative estimate of drug-likeness (QED) is 0.0525. The first-order valence-electron chi connectivity index (χ1n) is 33.8. The van der Waals surface area contributed by atoms with E-state index < -0.39 is 0 Å². The first-order chi connectivity index (χ1) is 36.8. The van der Waals surface area contributed by atoms with Crippen LogP contribution in [-0.4, -0.2) is 111 Å². The third-order valence-corrected chi connectivity index (χ3v) is 16.6. The first kappa shape index (κ1) is 71.3. The summed E-state index contributed by atoms with van der Waals surface area (Å²) in [7, 11) is 0. The number of nitrogens with zero attached hydrogens (tertiary/aromatic N) is 3. The molecule has 3 N–H and O–H groups in total. The highest BCUT2D eigenvalue weighted by atomic mass is 16.2. The summed E-state index contributed by atoms with van der Waals surface area (Å²) >= 11 is 0. The van der Waals surface area contributed by atoms with Crippen molar-refractivity contribution in [3.63, 3.8) is 0 Å². The smallest absolute Gasteiger partial charge is 0.223 e. The fraction of sp³-hybridized carbons (Fsp3) is 0.955. The third-order valence-electron chi connectivity index (χ3n) is 16.6. The summed E-state index contributed by atoms with van der Waals surface area (Å²) in [6.45, 7) is 25.6. The molecule has 1 saturated carbocycles. The molecule has 75 heavy (non-hydrogen) atoms. The number of carbonyl (C=O) groups is 3. The van der Waals surface area contributed by atoms with Crippen LogP contribution < -0.4 is 16.0 Å². The van der Waals surface area contributed by atoms with E-state index >= 15 is 0 Å². The minimum absolute atomic E-state index is 0.0313. The van der Waals surface area contributed by atoms with Crippen LogP contribution in [0.3, 0.4) is 0 Å². The molecule has 0 aromatic heterocycles. The molecule has 0 aliphatic heterocycles. The molecule has 0 heterocycles. The third kappa shape index (κ3) is 42.9. The molecular formula is C66H132N6O3. The molecule has 444 valence electrons. The van der Waals surface area contributed by atoms with Gasteiger partial charge >= 0.3 is 0 Å². The zero-order valence-corrected chi connectivity index (χ0v) is 51.5. The maximum absolute atomic E-state index is 14.1. The van der Waals surface area contributed by atoms with Gasteiger partial charge in [0.15, 0.2) is 0 Å². The molecule has 0 bridgehead atoms. The first-order valence-corrected chi connectivity index (χ1v) is 33.8. The van der Waals surface area contributed by atoms with Crippen molar-refractivity contribution in [3.05, 3.63) is 0 Å². The molecule has 0 radical (unpaired) electrons. The second kappa shape index (κ2) is 54.3. The Morgan fingerprint density at radius 2 is 0.413 bits per heavy atom. The number of hydrogen-bond acceptors (Lipinski definition) is 6. The molecule has 0 saturated heterocycles. The summed E-state index contributed by atoms with van der Waals surface area (Å²) in [5.41, 5.74) is 0. The Labute approximate surface area is 468 Å².